The summed E-state index contributed by atoms with van der Waals surface area (Å²) in [7, 11) is -2.50. The van der Waals surface area contributed by atoms with Gasteiger partial charge in [0.2, 0.25) is 15.9 Å². The molecule has 0 heterocycles. The number of hydrogen-bond acceptors (Lipinski definition) is 4. The van der Waals surface area contributed by atoms with E-state index in [4.69, 9.17) is 4.74 Å². The standard InChI is InChI=1S/C22H28N2O4S/c1-17-12-13-20(28-2)21(14-17)29(26,27)24(15-18-8-4-3-5-9-18)16-22(25)23-19-10-6-7-11-19/h3-5,8-9,12-14,19H,6-7,10-11,15-16H2,1-2H3,(H,23,25). The molecule has 2 aromatic carbocycles. The summed E-state index contributed by atoms with van der Waals surface area (Å²) in [5.41, 5.74) is 1.62. The molecule has 1 aliphatic carbocycles. The first kappa shape index (κ1) is 21.3. The van der Waals surface area contributed by atoms with Gasteiger partial charge in [-0.1, -0.05) is 49.2 Å². The second-order valence-corrected chi connectivity index (χ2v) is 9.37. The number of carbonyl (C=O) groups is 1. The molecule has 1 amide bonds. The van der Waals surface area contributed by atoms with Crippen molar-refractivity contribution >= 4 is 15.9 Å². The Kier molecular flexibility index (Phi) is 6.92. The minimum Gasteiger partial charge on any atom is -0.495 e. The third-order valence-corrected chi connectivity index (χ3v) is 6.99. The number of rotatable bonds is 8. The maximum atomic E-state index is 13.5. The fraction of sp³-hybridized carbons (Fsp3) is 0.409. The van der Waals surface area contributed by atoms with E-state index in [0.717, 1.165) is 36.8 Å². The van der Waals surface area contributed by atoms with Crippen molar-refractivity contribution in [2.24, 2.45) is 0 Å². The lowest BCUT2D eigenvalue weighted by molar-refractivity contribution is -0.122. The maximum Gasteiger partial charge on any atom is 0.247 e. The molecule has 0 aromatic heterocycles. The van der Waals surface area contributed by atoms with Gasteiger partial charge >= 0.3 is 0 Å². The molecule has 0 unspecified atom stereocenters. The number of sulfonamides is 1. The van der Waals surface area contributed by atoms with Crippen LogP contribution in [0.5, 0.6) is 5.75 Å². The van der Waals surface area contributed by atoms with E-state index in [1.165, 1.54) is 11.4 Å². The topological polar surface area (TPSA) is 75.7 Å². The minimum absolute atomic E-state index is 0.0737. The summed E-state index contributed by atoms with van der Waals surface area (Å²) in [6, 6.07) is 14.4. The van der Waals surface area contributed by atoms with E-state index in [1.54, 1.807) is 18.2 Å². The van der Waals surface area contributed by atoms with Gasteiger partial charge in [-0.25, -0.2) is 8.42 Å². The first-order valence-corrected chi connectivity index (χ1v) is 11.3. The molecule has 0 bridgehead atoms. The number of nitrogens with one attached hydrogen (secondary N) is 1. The van der Waals surface area contributed by atoms with Crippen LogP contribution in [0.25, 0.3) is 0 Å². The van der Waals surface area contributed by atoms with E-state index in [1.807, 2.05) is 37.3 Å². The Labute approximate surface area is 172 Å². The summed E-state index contributed by atoms with van der Waals surface area (Å²) in [6.07, 6.45) is 4.08. The SMILES string of the molecule is COc1ccc(C)cc1S(=O)(=O)N(CC(=O)NC1CCCC1)Cc1ccccc1. The number of hydrogen-bond donors (Lipinski definition) is 1. The highest BCUT2D eigenvalue weighted by atomic mass is 32.2. The monoisotopic (exact) mass is 416 g/mol. The van der Waals surface area contributed by atoms with Gasteiger partial charge in [-0.15, -0.1) is 0 Å². The number of nitrogens with zero attached hydrogens (tertiary/aromatic N) is 1. The van der Waals surface area contributed by atoms with Crippen molar-refractivity contribution in [1.29, 1.82) is 0 Å². The van der Waals surface area contributed by atoms with E-state index in [9.17, 15) is 13.2 Å². The van der Waals surface area contributed by atoms with E-state index >= 15 is 0 Å². The molecule has 0 spiro atoms. The maximum absolute atomic E-state index is 13.5. The molecule has 0 aliphatic heterocycles. The number of aryl methyl sites for hydroxylation is 1. The predicted molar refractivity (Wildman–Crippen MR) is 112 cm³/mol. The predicted octanol–water partition coefficient (Wildman–Crippen LogP) is 3.25. The molecule has 156 valence electrons. The molecular formula is C22H28N2O4S. The number of methoxy groups -OCH3 is 1. The van der Waals surface area contributed by atoms with Crippen LogP contribution < -0.4 is 10.1 Å². The van der Waals surface area contributed by atoms with Crippen molar-refractivity contribution in [3.63, 3.8) is 0 Å². The molecule has 7 heteroatoms. The van der Waals surface area contributed by atoms with Gasteiger partial charge in [-0.2, -0.15) is 4.31 Å². The van der Waals surface area contributed by atoms with Crippen molar-refractivity contribution in [2.75, 3.05) is 13.7 Å². The molecule has 1 fully saturated rings. The Morgan fingerprint density at radius 2 is 1.83 bits per heavy atom. The molecule has 0 saturated heterocycles. The van der Waals surface area contributed by atoms with Crippen LogP contribution in [0.2, 0.25) is 0 Å². The fourth-order valence-electron chi connectivity index (χ4n) is 3.64. The molecule has 2 aromatic rings. The van der Waals surface area contributed by atoms with E-state index in [-0.39, 0.29) is 35.7 Å². The van der Waals surface area contributed by atoms with Crippen LogP contribution >= 0.6 is 0 Å². The van der Waals surface area contributed by atoms with Crippen molar-refractivity contribution in [1.82, 2.24) is 9.62 Å². The van der Waals surface area contributed by atoms with E-state index < -0.39 is 10.0 Å². The molecule has 29 heavy (non-hydrogen) atoms. The molecule has 3 rings (SSSR count). The minimum atomic E-state index is -3.95. The van der Waals surface area contributed by atoms with Gasteiger partial charge in [0, 0.05) is 12.6 Å². The van der Waals surface area contributed by atoms with E-state index in [2.05, 4.69) is 5.32 Å². The van der Waals surface area contributed by atoms with Crippen molar-refractivity contribution < 1.29 is 17.9 Å². The molecule has 0 atom stereocenters. The molecule has 1 aliphatic rings. The van der Waals surface area contributed by atoms with Crippen LogP contribution in [0.3, 0.4) is 0 Å². The quantitative estimate of drug-likeness (QED) is 0.717. The molecule has 0 radical (unpaired) electrons. The van der Waals surface area contributed by atoms with Gasteiger partial charge in [0.15, 0.2) is 0 Å². The smallest absolute Gasteiger partial charge is 0.247 e. The molecule has 1 saturated carbocycles. The van der Waals surface area contributed by atoms with Crippen molar-refractivity contribution in [3.05, 3.63) is 59.7 Å². The Morgan fingerprint density at radius 3 is 2.48 bits per heavy atom. The summed E-state index contributed by atoms with van der Waals surface area (Å²) in [5.74, 6) is -0.00658. The van der Waals surface area contributed by atoms with Crippen LogP contribution in [0, 0.1) is 6.92 Å². The molecule has 1 N–H and O–H groups in total. The first-order chi connectivity index (χ1) is 13.9. The van der Waals surface area contributed by atoms with Crippen LogP contribution in [0.15, 0.2) is 53.4 Å². The Bertz CT molecular complexity index is 939. The highest BCUT2D eigenvalue weighted by Crippen LogP contribution is 2.28. The first-order valence-electron chi connectivity index (χ1n) is 9.88. The molecule has 6 nitrogen and oxygen atoms in total. The third kappa shape index (κ3) is 5.36. The largest absolute Gasteiger partial charge is 0.495 e. The lowest BCUT2D eigenvalue weighted by atomic mass is 10.2. The van der Waals surface area contributed by atoms with E-state index in [0.29, 0.717) is 0 Å². The Hall–Kier alpha value is -2.38. The lowest BCUT2D eigenvalue weighted by Crippen LogP contribution is -2.43. The van der Waals surface area contributed by atoms with Crippen LogP contribution in [-0.4, -0.2) is 38.3 Å². The number of benzene rings is 2. The lowest BCUT2D eigenvalue weighted by Gasteiger charge is -2.24. The van der Waals surface area contributed by atoms with Gasteiger partial charge in [0.05, 0.1) is 13.7 Å². The summed E-state index contributed by atoms with van der Waals surface area (Å²) in [4.78, 5) is 12.7. The van der Waals surface area contributed by atoms with Gasteiger partial charge in [-0.3, -0.25) is 4.79 Å². The zero-order valence-corrected chi connectivity index (χ0v) is 17.7. The van der Waals surface area contributed by atoms with Gasteiger partial charge in [-0.05, 0) is 43.0 Å². The van der Waals surface area contributed by atoms with Gasteiger partial charge in [0.1, 0.15) is 10.6 Å². The second-order valence-electron chi connectivity index (χ2n) is 7.46. The number of amides is 1. The fourth-order valence-corrected chi connectivity index (χ4v) is 5.27. The summed E-state index contributed by atoms with van der Waals surface area (Å²) in [6.45, 7) is 1.70. The van der Waals surface area contributed by atoms with Crippen LogP contribution in [0.1, 0.15) is 36.8 Å². The van der Waals surface area contributed by atoms with Crippen LogP contribution in [0.4, 0.5) is 0 Å². The van der Waals surface area contributed by atoms with Crippen molar-refractivity contribution in [3.8, 4) is 5.75 Å². The van der Waals surface area contributed by atoms with Gasteiger partial charge in [0.25, 0.3) is 0 Å². The third-order valence-electron chi connectivity index (χ3n) is 5.18. The summed E-state index contributed by atoms with van der Waals surface area (Å²) in [5, 5.41) is 2.98. The Balaban J connectivity index is 1.90. The normalized spacial score (nSPS) is 14.9. The summed E-state index contributed by atoms with van der Waals surface area (Å²) >= 11 is 0. The highest BCUT2D eigenvalue weighted by molar-refractivity contribution is 7.89. The number of carbonyl (C=O) groups excluding carboxylic acids is 1. The second kappa shape index (κ2) is 9.41. The zero-order valence-electron chi connectivity index (χ0n) is 16.9. The average molecular weight is 417 g/mol. The highest BCUT2D eigenvalue weighted by Gasteiger charge is 2.30. The molecular weight excluding hydrogens is 388 g/mol. The summed E-state index contributed by atoms with van der Waals surface area (Å²) < 4.78 is 33.5. The Morgan fingerprint density at radius 1 is 1.14 bits per heavy atom. The van der Waals surface area contributed by atoms with Crippen LogP contribution in [-0.2, 0) is 21.4 Å². The van der Waals surface area contributed by atoms with Gasteiger partial charge < -0.3 is 10.1 Å². The van der Waals surface area contributed by atoms with Crippen molar-refractivity contribution in [2.45, 2.75) is 50.1 Å². The average Bonchev–Trinajstić information content (AvgIpc) is 3.21. The zero-order chi connectivity index (χ0) is 20.9. The number of ether oxygens (including phenoxy) is 1.